The number of phenols is 2. The molecule has 0 aliphatic carbocycles. The predicted octanol–water partition coefficient (Wildman–Crippen LogP) is 3.96. The van der Waals surface area contributed by atoms with Crippen molar-refractivity contribution in [2.24, 2.45) is 0 Å². The molecule has 1 aliphatic heterocycles. The highest BCUT2D eigenvalue weighted by Gasteiger charge is 2.30. The van der Waals surface area contributed by atoms with Crippen molar-refractivity contribution in [3.05, 3.63) is 58.6 Å². The van der Waals surface area contributed by atoms with Gasteiger partial charge in [0.15, 0.2) is 11.5 Å². The van der Waals surface area contributed by atoms with Crippen molar-refractivity contribution in [1.29, 1.82) is 0 Å². The van der Waals surface area contributed by atoms with Crippen molar-refractivity contribution in [2.75, 3.05) is 12.3 Å². The molecule has 6 heteroatoms. The number of phenolic OH excluding ortho intramolecular Hbond substituents is 2. The quantitative estimate of drug-likeness (QED) is 0.807. The standard InChI is InChI=1S/C18H18ClNO3S/c19-14-4-2-1-3-13(14)18-20(17(23)8-10-24-18)9-7-12-5-6-15(21)16(22)11-12/h1-6,11,18,21-22H,7-10H2. The molecule has 24 heavy (non-hydrogen) atoms. The maximum Gasteiger partial charge on any atom is 0.224 e. The van der Waals surface area contributed by atoms with Gasteiger partial charge < -0.3 is 15.1 Å². The Bertz CT molecular complexity index is 753. The lowest BCUT2D eigenvalue weighted by atomic mass is 10.1. The minimum atomic E-state index is -0.144. The van der Waals surface area contributed by atoms with E-state index in [4.69, 9.17) is 11.6 Å². The van der Waals surface area contributed by atoms with Crippen LogP contribution in [0.1, 0.15) is 22.9 Å². The van der Waals surface area contributed by atoms with E-state index in [1.165, 1.54) is 12.1 Å². The fourth-order valence-corrected chi connectivity index (χ4v) is 4.38. The molecule has 2 aromatic rings. The van der Waals surface area contributed by atoms with Gasteiger partial charge in [0.05, 0.1) is 0 Å². The average molecular weight is 364 g/mol. The number of rotatable bonds is 4. The van der Waals surface area contributed by atoms with Gasteiger partial charge in [-0.1, -0.05) is 35.9 Å². The molecule has 0 spiro atoms. The molecule has 1 aliphatic rings. The van der Waals surface area contributed by atoms with Crippen molar-refractivity contribution < 1.29 is 15.0 Å². The van der Waals surface area contributed by atoms with Crippen LogP contribution in [0.5, 0.6) is 11.5 Å². The third kappa shape index (κ3) is 3.62. The summed E-state index contributed by atoms with van der Waals surface area (Å²) in [6.45, 7) is 0.534. The maximum absolute atomic E-state index is 12.4. The topological polar surface area (TPSA) is 60.8 Å². The van der Waals surface area contributed by atoms with Crippen LogP contribution in [-0.2, 0) is 11.2 Å². The fraction of sp³-hybridized carbons (Fsp3) is 0.278. The number of hydrogen-bond donors (Lipinski definition) is 2. The lowest BCUT2D eigenvalue weighted by molar-refractivity contribution is -0.132. The maximum atomic E-state index is 12.4. The van der Waals surface area contributed by atoms with E-state index in [-0.39, 0.29) is 22.8 Å². The number of amides is 1. The van der Waals surface area contributed by atoms with Crippen LogP contribution in [0.3, 0.4) is 0 Å². The van der Waals surface area contributed by atoms with E-state index < -0.39 is 0 Å². The van der Waals surface area contributed by atoms with Crippen LogP contribution in [0.15, 0.2) is 42.5 Å². The van der Waals surface area contributed by atoms with Gasteiger partial charge in [0.2, 0.25) is 5.91 Å². The molecule has 0 aromatic heterocycles. The first-order valence-electron chi connectivity index (χ1n) is 7.72. The zero-order valence-corrected chi connectivity index (χ0v) is 14.6. The normalized spacial score (nSPS) is 18.0. The predicted molar refractivity (Wildman–Crippen MR) is 96.5 cm³/mol. The molecular formula is C18H18ClNO3S. The molecule has 1 fully saturated rings. The first-order chi connectivity index (χ1) is 11.6. The van der Waals surface area contributed by atoms with E-state index in [0.717, 1.165) is 16.9 Å². The van der Waals surface area contributed by atoms with Crippen LogP contribution in [-0.4, -0.2) is 33.3 Å². The average Bonchev–Trinajstić information content (AvgIpc) is 2.57. The van der Waals surface area contributed by atoms with Crippen molar-refractivity contribution in [2.45, 2.75) is 18.2 Å². The smallest absolute Gasteiger partial charge is 0.224 e. The molecule has 2 N–H and O–H groups in total. The highest BCUT2D eigenvalue weighted by Crippen LogP contribution is 2.40. The molecule has 3 rings (SSSR count). The van der Waals surface area contributed by atoms with Crippen molar-refractivity contribution in [1.82, 2.24) is 4.90 Å². The number of hydrogen-bond acceptors (Lipinski definition) is 4. The van der Waals surface area contributed by atoms with Gasteiger partial charge in [-0.25, -0.2) is 0 Å². The molecule has 2 aromatic carbocycles. The summed E-state index contributed by atoms with van der Waals surface area (Å²) in [7, 11) is 0. The molecule has 0 bridgehead atoms. The number of benzene rings is 2. The van der Waals surface area contributed by atoms with Gasteiger partial charge >= 0.3 is 0 Å². The number of halogens is 1. The minimum Gasteiger partial charge on any atom is -0.504 e. The molecule has 0 radical (unpaired) electrons. The number of thioether (sulfide) groups is 1. The highest BCUT2D eigenvalue weighted by atomic mass is 35.5. The summed E-state index contributed by atoms with van der Waals surface area (Å²) in [6, 6.07) is 12.3. The number of nitrogens with zero attached hydrogens (tertiary/aromatic N) is 1. The third-order valence-electron chi connectivity index (χ3n) is 4.05. The Balaban J connectivity index is 1.78. The van der Waals surface area contributed by atoms with E-state index in [0.29, 0.717) is 24.4 Å². The summed E-state index contributed by atoms with van der Waals surface area (Å²) in [5.74, 6) is 0.610. The van der Waals surface area contributed by atoms with E-state index in [2.05, 4.69) is 0 Å². The summed E-state index contributed by atoms with van der Waals surface area (Å²) < 4.78 is 0. The van der Waals surface area contributed by atoms with Gasteiger partial charge in [0.25, 0.3) is 0 Å². The van der Waals surface area contributed by atoms with Gasteiger partial charge in [-0.2, -0.15) is 0 Å². The van der Waals surface area contributed by atoms with Gasteiger partial charge in [-0.3, -0.25) is 4.79 Å². The number of carbonyl (C=O) groups is 1. The Morgan fingerprint density at radius 2 is 1.96 bits per heavy atom. The first kappa shape index (κ1) is 17.0. The third-order valence-corrected chi connectivity index (χ3v) is 5.66. The zero-order chi connectivity index (χ0) is 17.1. The second-order valence-electron chi connectivity index (χ2n) is 5.65. The number of carbonyl (C=O) groups excluding carboxylic acids is 1. The summed E-state index contributed by atoms with van der Waals surface area (Å²) in [6.07, 6.45) is 1.12. The SMILES string of the molecule is O=C1CCSC(c2ccccc2Cl)N1CCc1ccc(O)c(O)c1. The Morgan fingerprint density at radius 1 is 1.17 bits per heavy atom. The van der Waals surface area contributed by atoms with E-state index in [9.17, 15) is 15.0 Å². The van der Waals surface area contributed by atoms with Crippen LogP contribution in [0.4, 0.5) is 0 Å². The Morgan fingerprint density at radius 3 is 2.71 bits per heavy atom. The summed E-state index contributed by atoms with van der Waals surface area (Å²) in [5.41, 5.74) is 1.82. The highest BCUT2D eigenvalue weighted by molar-refractivity contribution is 7.99. The van der Waals surface area contributed by atoms with Crippen LogP contribution in [0, 0.1) is 0 Å². The van der Waals surface area contributed by atoms with E-state index in [1.54, 1.807) is 17.8 Å². The fourth-order valence-electron chi connectivity index (χ4n) is 2.77. The molecule has 126 valence electrons. The summed E-state index contributed by atoms with van der Waals surface area (Å²) >= 11 is 8.03. The first-order valence-corrected chi connectivity index (χ1v) is 9.15. The largest absolute Gasteiger partial charge is 0.504 e. The van der Waals surface area contributed by atoms with Crippen LogP contribution in [0.2, 0.25) is 5.02 Å². The second kappa shape index (κ2) is 7.36. The number of aromatic hydroxyl groups is 2. The Hall–Kier alpha value is -1.85. The molecule has 4 nitrogen and oxygen atoms in total. The lowest BCUT2D eigenvalue weighted by Gasteiger charge is -2.36. The van der Waals surface area contributed by atoms with Gasteiger partial charge in [0, 0.05) is 29.3 Å². The molecule has 1 amide bonds. The molecular weight excluding hydrogens is 346 g/mol. The minimum absolute atomic E-state index is 0.0920. The zero-order valence-electron chi connectivity index (χ0n) is 13.0. The summed E-state index contributed by atoms with van der Waals surface area (Å²) in [4.78, 5) is 14.3. The van der Waals surface area contributed by atoms with Crippen molar-refractivity contribution >= 4 is 29.3 Å². The van der Waals surface area contributed by atoms with Crippen molar-refractivity contribution in [3.63, 3.8) is 0 Å². The molecule has 0 saturated carbocycles. The molecule has 1 atom stereocenters. The van der Waals surface area contributed by atoms with Gasteiger partial charge in [-0.15, -0.1) is 11.8 Å². The molecule has 1 saturated heterocycles. The van der Waals surface area contributed by atoms with Crippen LogP contribution >= 0.6 is 23.4 Å². The lowest BCUT2D eigenvalue weighted by Crippen LogP contribution is -2.38. The molecule has 1 unspecified atom stereocenters. The van der Waals surface area contributed by atoms with Crippen molar-refractivity contribution in [3.8, 4) is 11.5 Å². The second-order valence-corrected chi connectivity index (χ2v) is 7.25. The van der Waals surface area contributed by atoms with Crippen LogP contribution in [0.25, 0.3) is 0 Å². The summed E-state index contributed by atoms with van der Waals surface area (Å²) in [5, 5.41) is 19.6. The Kier molecular flexibility index (Phi) is 5.21. The van der Waals surface area contributed by atoms with E-state index >= 15 is 0 Å². The monoisotopic (exact) mass is 363 g/mol. The van der Waals surface area contributed by atoms with Gasteiger partial charge in [0.1, 0.15) is 5.37 Å². The van der Waals surface area contributed by atoms with Crippen LogP contribution < -0.4 is 0 Å². The van der Waals surface area contributed by atoms with E-state index in [1.807, 2.05) is 29.2 Å². The molecule has 1 heterocycles. The van der Waals surface area contributed by atoms with Gasteiger partial charge in [-0.05, 0) is 30.2 Å². The Labute approximate surface area is 150 Å².